The lowest BCUT2D eigenvalue weighted by Gasteiger charge is -2.02. The van der Waals surface area contributed by atoms with Gasteiger partial charge in [0.15, 0.2) is 0 Å². The van der Waals surface area contributed by atoms with Crippen LogP contribution in [-0.4, -0.2) is 33.3 Å². The molecule has 0 aliphatic heterocycles. The summed E-state index contributed by atoms with van der Waals surface area (Å²) in [5.41, 5.74) is 1.04. The number of carbonyl (C=O) groups excluding carboxylic acids is 1. The van der Waals surface area contributed by atoms with Crippen LogP contribution in [0.4, 0.5) is 0 Å². The van der Waals surface area contributed by atoms with Crippen molar-refractivity contribution in [3.05, 3.63) is 18.0 Å². The van der Waals surface area contributed by atoms with Gasteiger partial charge in [-0.3, -0.25) is 14.3 Å². The lowest BCUT2D eigenvalue weighted by atomic mass is 10.2. The van der Waals surface area contributed by atoms with Crippen LogP contribution in [0.2, 0.25) is 0 Å². The van der Waals surface area contributed by atoms with Gasteiger partial charge in [0.25, 0.3) is 0 Å². The van der Waals surface area contributed by atoms with Crippen molar-refractivity contribution < 1.29 is 14.7 Å². The molecule has 6 nitrogen and oxygen atoms in total. The van der Waals surface area contributed by atoms with E-state index in [2.05, 4.69) is 10.4 Å². The minimum Gasteiger partial charge on any atom is -0.481 e. The molecule has 0 aliphatic rings. The zero-order valence-electron chi connectivity index (χ0n) is 9.14. The second-order valence-electron chi connectivity index (χ2n) is 3.52. The van der Waals surface area contributed by atoms with Gasteiger partial charge in [-0.25, -0.2) is 0 Å². The number of rotatable bonds is 6. The lowest BCUT2D eigenvalue weighted by Crippen LogP contribution is -2.25. The Labute approximate surface area is 93.3 Å². The third-order valence-electron chi connectivity index (χ3n) is 2.06. The third kappa shape index (κ3) is 4.59. The van der Waals surface area contributed by atoms with Crippen LogP contribution in [0, 0.1) is 0 Å². The Morgan fingerprint density at radius 3 is 2.81 bits per heavy atom. The van der Waals surface area contributed by atoms with Crippen molar-refractivity contribution in [3.8, 4) is 0 Å². The number of hydrogen-bond acceptors (Lipinski definition) is 3. The predicted molar refractivity (Wildman–Crippen MR) is 56.8 cm³/mol. The summed E-state index contributed by atoms with van der Waals surface area (Å²) in [5, 5.41) is 15.0. The van der Waals surface area contributed by atoms with Crippen LogP contribution < -0.4 is 5.32 Å². The number of aliphatic carboxylic acids is 1. The second-order valence-corrected chi connectivity index (χ2v) is 3.52. The minimum absolute atomic E-state index is 0.0301. The Morgan fingerprint density at radius 2 is 2.25 bits per heavy atom. The summed E-state index contributed by atoms with van der Waals surface area (Å²) in [6.45, 7) is 0.504. The topological polar surface area (TPSA) is 84.2 Å². The quantitative estimate of drug-likeness (QED) is 0.710. The first-order valence-corrected chi connectivity index (χ1v) is 5.04. The molecule has 1 aromatic heterocycles. The number of aromatic nitrogens is 2. The standard InChI is InChI=1S/C10H15N3O3/c1-13-7-8(6-12-13)4-5-11-9(14)2-3-10(15)16/h6-7H,2-5H2,1H3,(H,11,14)(H,15,16). The molecular formula is C10H15N3O3. The van der Waals surface area contributed by atoms with Gasteiger partial charge in [0.05, 0.1) is 12.6 Å². The third-order valence-corrected chi connectivity index (χ3v) is 2.06. The molecule has 0 saturated heterocycles. The maximum absolute atomic E-state index is 11.1. The molecule has 1 aromatic rings. The Morgan fingerprint density at radius 1 is 1.50 bits per heavy atom. The van der Waals surface area contributed by atoms with Crippen LogP contribution in [0.25, 0.3) is 0 Å². The first kappa shape index (κ1) is 12.2. The van der Waals surface area contributed by atoms with Gasteiger partial charge < -0.3 is 10.4 Å². The van der Waals surface area contributed by atoms with E-state index in [-0.39, 0.29) is 18.7 Å². The molecule has 88 valence electrons. The van der Waals surface area contributed by atoms with E-state index in [1.165, 1.54) is 0 Å². The van der Waals surface area contributed by atoms with Crippen LogP contribution in [0.15, 0.2) is 12.4 Å². The van der Waals surface area contributed by atoms with E-state index >= 15 is 0 Å². The normalized spacial score (nSPS) is 10.1. The lowest BCUT2D eigenvalue weighted by molar-refractivity contribution is -0.138. The van der Waals surface area contributed by atoms with E-state index in [9.17, 15) is 9.59 Å². The van der Waals surface area contributed by atoms with Crippen molar-refractivity contribution in [2.24, 2.45) is 7.05 Å². The van der Waals surface area contributed by atoms with E-state index in [0.717, 1.165) is 5.56 Å². The highest BCUT2D eigenvalue weighted by molar-refractivity contribution is 5.80. The van der Waals surface area contributed by atoms with Crippen LogP contribution in [0.5, 0.6) is 0 Å². The number of amides is 1. The number of carboxylic acid groups (broad SMARTS) is 1. The fraction of sp³-hybridized carbons (Fsp3) is 0.500. The largest absolute Gasteiger partial charge is 0.481 e. The van der Waals surface area contributed by atoms with Crippen LogP contribution in [0.1, 0.15) is 18.4 Å². The molecule has 0 unspecified atom stereocenters. The van der Waals surface area contributed by atoms with Gasteiger partial charge in [0, 0.05) is 26.2 Å². The van der Waals surface area contributed by atoms with Crippen LogP contribution >= 0.6 is 0 Å². The highest BCUT2D eigenvalue weighted by Crippen LogP contribution is 1.96. The van der Waals surface area contributed by atoms with E-state index in [4.69, 9.17) is 5.11 Å². The minimum atomic E-state index is -0.956. The Bertz CT molecular complexity index is 373. The molecule has 0 atom stereocenters. The molecule has 6 heteroatoms. The average Bonchev–Trinajstić information content (AvgIpc) is 2.61. The van der Waals surface area contributed by atoms with Gasteiger partial charge in [-0.05, 0) is 12.0 Å². The predicted octanol–water partition coefficient (Wildman–Crippen LogP) is -0.0564. The van der Waals surface area contributed by atoms with Crippen molar-refractivity contribution in [1.29, 1.82) is 0 Å². The van der Waals surface area contributed by atoms with E-state index in [1.807, 2.05) is 13.2 Å². The van der Waals surface area contributed by atoms with E-state index < -0.39 is 5.97 Å². The van der Waals surface area contributed by atoms with Crippen LogP contribution in [-0.2, 0) is 23.1 Å². The zero-order valence-corrected chi connectivity index (χ0v) is 9.14. The van der Waals surface area contributed by atoms with E-state index in [0.29, 0.717) is 13.0 Å². The molecule has 0 aromatic carbocycles. The first-order chi connectivity index (χ1) is 7.58. The average molecular weight is 225 g/mol. The summed E-state index contributed by atoms with van der Waals surface area (Å²) < 4.78 is 1.70. The maximum atomic E-state index is 11.1. The molecule has 0 fully saturated rings. The number of hydrogen-bond donors (Lipinski definition) is 2. The number of aryl methyl sites for hydroxylation is 1. The van der Waals surface area contributed by atoms with Gasteiger partial charge in [-0.1, -0.05) is 0 Å². The molecule has 0 saturated carbocycles. The fourth-order valence-corrected chi connectivity index (χ4v) is 1.26. The van der Waals surface area contributed by atoms with E-state index in [1.54, 1.807) is 10.9 Å². The highest BCUT2D eigenvalue weighted by Gasteiger charge is 2.04. The summed E-state index contributed by atoms with van der Waals surface area (Å²) in [4.78, 5) is 21.4. The van der Waals surface area contributed by atoms with Crippen molar-refractivity contribution >= 4 is 11.9 Å². The van der Waals surface area contributed by atoms with Gasteiger partial charge in [-0.2, -0.15) is 5.10 Å². The van der Waals surface area contributed by atoms with Gasteiger partial charge >= 0.3 is 5.97 Å². The van der Waals surface area contributed by atoms with Gasteiger partial charge in [-0.15, -0.1) is 0 Å². The summed E-state index contributed by atoms with van der Waals surface area (Å²) in [6, 6.07) is 0. The Balaban J connectivity index is 2.15. The summed E-state index contributed by atoms with van der Waals surface area (Å²) in [6.07, 6.45) is 4.22. The molecule has 2 N–H and O–H groups in total. The summed E-state index contributed by atoms with van der Waals surface area (Å²) >= 11 is 0. The van der Waals surface area contributed by atoms with Crippen LogP contribution in [0.3, 0.4) is 0 Å². The monoisotopic (exact) mass is 225 g/mol. The Kier molecular flexibility index (Phi) is 4.50. The molecule has 0 radical (unpaired) electrons. The fourth-order valence-electron chi connectivity index (χ4n) is 1.26. The van der Waals surface area contributed by atoms with Crippen molar-refractivity contribution in [2.45, 2.75) is 19.3 Å². The van der Waals surface area contributed by atoms with Crippen molar-refractivity contribution in [2.75, 3.05) is 6.54 Å². The second kappa shape index (κ2) is 5.89. The van der Waals surface area contributed by atoms with Gasteiger partial charge in [0.2, 0.25) is 5.91 Å². The highest BCUT2D eigenvalue weighted by atomic mass is 16.4. The summed E-state index contributed by atoms with van der Waals surface area (Å²) in [5.74, 6) is -1.19. The number of carboxylic acids is 1. The molecule has 16 heavy (non-hydrogen) atoms. The first-order valence-electron chi connectivity index (χ1n) is 5.04. The molecule has 1 rings (SSSR count). The molecular weight excluding hydrogens is 210 g/mol. The van der Waals surface area contributed by atoms with Crippen molar-refractivity contribution in [1.82, 2.24) is 15.1 Å². The molecule has 1 heterocycles. The number of nitrogens with zero attached hydrogens (tertiary/aromatic N) is 2. The molecule has 0 spiro atoms. The molecule has 0 aliphatic carbocycles. The molecule has 1 amide bonds. The number of nitrogens with one attached hydrogen (secondary N) is 1. The number of carbonyl (C=O) groups is 2. The summed E-state index contributed by atoms with van der Waals surface area (Å²) in [7, 11) is 1.83. The SMILES string of the molecule is Cn1cc(CCNC(=O)CCC(=O)O)cn1. The zero-order chi connectivity index (χ0) is 12.0. The van der Waals surface area contributed by atoms with Gasteiger partial charge in [0.1, 0.15) is 0 Å². The smallest absolute Gasteiger partial charge is 0.303 e. The maximum Gasteiger partial charge on any atom is 0.303 e. The van der Waals surface area contributed by atoms with Crippen molar-refractivity contribution in [3.63, 3.8) is 0 Å². The molecule has 0 bridgehead atoms. The Hall–Kier alpha value is -1.85.